The molecular formula is C22H20ClN3O3. The van der Waals surface area contributed by atoms with Crippen molar-refractivity contribution in [3.05, 3.63) is 65.2 Å². The first-order valence-corrected chi connectivity index (χ1v) is 10.0. The molecule has 0 radical (unpaired) electrons. The van der Waals surface area contributed by atoms with Crippen LogP contribution in [0, 0.1) is 0 Å². The van der Waals surface area contributed by atoms with Crippen LogP contribution in [0.15, 0.2) is 54.1 Å². The number of benzene rings is 2. The van der Waals surface area contributed by atoms with Crippen LogP contribution >= 0.6 is 11.6 Å². The maximum atomic E-state index is 12.9. The first-order chi connectivity index (χ1) is 14.1. The van der Waals surface area contributed by atoms with Crippen LogP contribution in [-0.2, 0) is 16.0 Å². The van der Waals surface area contributed by atoms with Crippen LogP contribution in [-0.4, -0.2) is 36.8 Å². The van der Waals surface area contributed by atoms with Crippen molar-refractivity contribution in [3.8, 4) is 0 Å². The fourth-order valence-electron chi connectivity index (χ4n) is 3.70. The van der Waals surface area contributed by atoms with Crippen LogP contribution < -0.4 is 15.1 Å². The van der Waals surface area contributed by atoms with Gasteiger partial charge in [0.05, 0.1) is 5.69 Å². The van der Waals surface area contributed by atoms with Gasteiger partial charge in [0.25, 0.3) is 11.8 Å². The Bertz CT molecular complexity index is 1000. The van der Waals surface area contributed by atoms with Gasteiger partial charge in [-0.25, -0.2) is 9.69 Å². The minimum absolute atomic E-state index is 0.0644. The van der Waals surface area contributed by atoms with Crippen molar-refractivity contribution in [1.29, 1.82) is 0 Å². The number of hydrogen-bond acceptors (Lipinski definition) is 4. The zero-order valence-corrected chi connectivity index (χ0v) is 16.5. The largest absolute Gasteiger partial charge is 0.371 e. The summed E-state index contributed by atoms with van der Waals surface area (Å²) in [6.45, 7) is 1.84. The molecule has 0 atom stereocenters. The number of fused-ring (bicyclic) bond motifs is 1. The quantitative estimate of drug-likeness (QED) is 0.467. The van der Waals surface area contributed by atoms with E-state index in [1.807, 2.05) is 18.2 Å². The van der Waals surface area contributed by atoms with E-state index in [-0.39, 0.29) is 5.57 Å². The second-order valence-electron chi connectivity index (χ2n) is 6.96. The maximum Gasteiger partial charge on any atom is 0.335 e. The third-order valence-electron chi connectivity index (χ3n) is 5.08. The highest BCUT2D eigenvalue weighted by molar-refractivity contribution is 6.39. The summed E-state index contributed by atoms with van der Waals surface area (Å²) in [7, 11) is 0. The molecule has 0 saturated carbocycles. The van der Waals surface area contributed by atoms with Crippen LogP contribution in [0.25, 0.3) is 6.08 Å². The molecule has 0 aromatic heterocycles. The van der Waals surface area contributed by atoms with Crippen LogP contribution in [0.5, 0.6) is 0 Å². The van der Waals surface area contributed by atoms with Crippen LogP contribution in [0.1, 0.15) is 17.5 Å². The lowest BCUT2D eigenvalue weighted by Gasteiger charge is -2.26. The molecule has 0 unspecified atom stereocenters. The minimum Gasteiger partial charge on any atom is -0.371 e. The normalized spacial score (nSPS) is 17.7. The summed E-state index contributed by atoms with van der Waals surface area (Å²) >= 11 is 5.80. The van der Waals surface area contributed by atoms with E-state index in [0.29, 0.717) is 11.6 Å². The number of carbonyl (C=O) groups excluding carboxylic acids is 3. The van der Waals surface area contributed by atoms with E-state index in [2.05, 4.69) is 10.2 Å². The molecule has 2 heterocycles. The summed E-state index contributed by atoms with van der Waals surface area (Å²) in [5.41, 5.74) is 3.44. The van der Waals surface area contributed by atoms with Crippen molar-refractivity contribution in [1.82, 2.24) is 5.32 Å². The van der Waals surface area contributed by atoms with Crippen molar-refractivity contribution in [3.63, 3.8) is 0 Å². The molecule has 4 rings (SSSR count). The summed E-state index contributed by atoms with van der Waals surface area (Å²) < 4.78 is 0. The molecule has 1 N–H and O–H groups in total. The molecule has 1 fully saturated rings. The lowest BCUT2D eigenvalue weighted by molar-refractivity contribution is -0.122. The number of rotatable bonds is 5. The average Bonchev–Trinajstić information content (AvgIpc) is 3.12. The molecular weight excluding hydrogens is 390 g/mol. The molecule has 2 aromatic carbocycles. The van der Waals surface area contributed by atoms with Gasteiger partial charge in [-0.1, -0.05) is 24.3 Å². The topological polar surface area (TPSA) is 69.7 Å². The van der Waals surface area contributed by atoms with E-state index in [4.69, 9.17) is 11.6 Å². The number of amides is 4. The van der Waals surface area contributed by atoms with Crippen molar-refractivity contribution in [2.45, 2.75) is 12.8 Å². The molecule has 0 spiro atoms. The molecule has 2 aliphatic heterocycles. The number of imide groups is 2. The Labute approximate surface area is 173 Å². The number of hydrogen-bond donors (Lipinski definition) is 1. The summed E-state index contributed by atoms with van der Waals surface area (Å²) in [4.78, 5) is 40.7. The van der Waals surface area contributed by atoms with Gasteiger partial charge in [-0.05, 0) is 54.3 Å². The number of nitrogens with one attached hydrogen (secondary N) is 1. The van der Waals surface area contributed by atoms with E-state index >= 15 is 0 Å². The summed E-state index contributed by atoms with van der Waals surface area (Å²) in [5.74, 6) is -0.685. The SMILES string of the molecule is O=C1NC(=O)N(c2ccccc2)C(=O)C1=Cc1ccc2c(c1)CCN2CCCCl. The molecule has 2 aliphatic rings. The van der Waals surface area contributed by atoms with Gasteiger partial charge in [0.15, 0.2) is 0 Å². The number of alkyl halides is 1. The zero-order chi connectivity index (χ0) is 20.4. The van der Waals surface area contributed by atoms with Gasteiger partial charge < -0.3 is 4.90 Å². The van der Waals surface area contributed by atoms with Gasteiger partial charge in [0.1, 0.15) is 5.57 Å². The lowest BCUT2D eigenvalue weighted by atomic mass is 10.0. The Morgan fingerprint density at radius 1 is 1.07 bits per heavy atom. The van der Waals surface area contributed by atoms with Crippen molar-refractivity contribution < 1.29 is 14.4 Å². The molecule has 0 bridgehead atoms. The Balaban J connectivity index is 1.63. The van der Waals surface area contributed by atoms with Crippen molar-refractivity contribution in [2.75, 3.05) is 28.8 Å². The van der Waals surface area contributed by atoms with E-state index < -0.39 is 17.8 Å². The fourth-order valence-corrected chi connectivity index (χ4v) is 3.82. The number of urea groups is 1. The molecule has 29 heavy (non-hydrogen) atoms. The second kappa shape index (κ2) is 8.09. The Morgan fingerprint density at radius 3 is 2.62 bits per heavy atom. The molecule has 4 amide bonds. The summed E-state index contributed by atoms with van der Waals surface area (Å²) in [5, 5.41) is 2.25. The monoisotopic (exact) mass is 409 g/mol. The number of para-hydroxylation sites is 1. The summed E-state index contributed by atoms with van der Waals surface area (Å²) in [6.07, 6.45) is 3.37. The maximum absolute atomic E-state index is 12.9. The molecule has 1 saturated heterocycles. The number of nitrogens with zero attached hydrogens (tertiary/aromatic N) is 2. The van der Waals surface area contributed by atoms with Crippen molar-refractivity contribution in [2.24, 2.45) is 0 Å². The highest BCUT2D eigenvalue weighted by atomic mass is 35.5. The fraction of sp³-hybridized carbons (Fsp3) is 0.227. The predicted molar refractivity (Wildman–Crippen MR) is 113 cm³/mol. The van der Waals surface area contributed by atoms with E-state index in [1.54, 1.807) is 36.4 Å². The molecule has 0 aliphatic carbocycles. The smallest absolute Gasteiger partial charge is 0.335 e. The van der Waals surface area contributed by atoms with Gasteiger partial charge in [-0.3, -0.25) is 14.9 Å². The first kappa shape index (κ1) is 19.2. The van der Waals surface area contributed by atoms with Gasteiger partial charge in [0.2, 0.25) is 0 Å². The van der Waals surface area contributed by atoms with E-state index in [1.165, 1.54) is 5.56 Å². The Morgan fingerprint density at radius 2 is 1.86 bits per heavy atom. The average molecular weight is 410 g/mol. The van der Waals surface area contributed by atoms with E-state index in [9.17, 15) is 14.4 Å². The number of halogens is 1. The highest BCUT2D eigenvalue weighted by Crippen LogP contribution is 2.30. The number of barbiturate groups is 1. The van der Waals surface area contributed by atoms with Gasteiger partial charge >= 0.3 is 6.03 Å². The molecule has 148 valence electrons. The number of anilines is 2. The standard InChI is InChI=1S/C22H20ClN3O3/c23-10-4-11-25-12-9-16-13-15(7-8-19(16)25)14-18-20(27)24-22(29)26(21(18)28)17-5-2-1-3-6-17/h1-3,5-8,13-14H,4,9-12H2,(H,24,27,29). The third-order valence-corrected chi connectivity index (χ3v) is 5.35. The first-order valence-electron chi connectivity index (χ1n) is 9.49. The predicted octanol–water partition coefficient (Wildman–Crippen LogP) is 3.34. The highest BCUT2D eigenvalue weighted by Gasteiger charge is 2.36. The number of carbonyl (C=O) groups is 3. The Hall–Kier alpha value is -3.12. The van der Waals surface area contributed by atoms with E-state index in [0.717, 1.165) is 42.1 Å². The molecule has 7 heteroatoms. The lowest BCUT2D eigenvalue weighted by Crippen LogP contribution is -2.54. The third kappa shape index (κ3) is 3.76. The second-order valence-corrected chi connectivity index (χ2v) is 7.34. The van der Waals surface area contributed by atoms with Crippen LogP contribution in [0.3, 0.4) is 0 Å². The Kier molecular flexibility index (Phi) is 5.36. The summed E-state index contributed by atoms with van der Waals surface area (Å²) in [6, 6.07) is 13.7. The minimum atomic E-state index is -0.743. The van der Waals surface area contributed by atoms with Gasteiger partial charge in [0, 0.05) is 24.7 Å². The molecule has 6 nitrogen and oxygen atoms in total. The molecule has 2 aromatic rings. The van der Waals surface area contributed by atoms with Crippen molar-refractivity contribution >= 4 is 46.9 Å². The van der Waals surface area contributed by atoms with Crippen LogP contribution in [0.4, 0.5) is 16.2 Å². The van der Waals surface area contributed by atoms with Gasteiger partial charge in [-0.2, -0.15) is 0 Å². The van der Waals surface area contributed by atoms with Crippen LogP contribution in [0.2, 0.25) is 0 Å². The zero-order valence-electron chi connectivity index (χ0n) is 15.7. The van der Waals surface area contributed by atoms with Gasteiger partial charge in [-0.15, -0.1) is 11.6 Å².